The minimum atomic E-state index is -0.501. The predicted molar refractivity (Wildman–Crippen MR) is 79.5 cm³/mol. The predicted octanol–water partition coefficient (Wildman–Crippen LogP) is 2.01. The molecule has 0 spiro atoms. The van der Waals surface area contributed by atoms with E-state index in [-0.39, 0.29) is 0 Å². The zero-order valence-corrected chi connectivity index (χ0v) is 12.3. The molecule has 7 heteroatoms. The molecule has 0 radical (unpaired) electrons. The zero-order valence-electron chi connectivity index (χ0n) is 12.3. The average Bonchev–Trinajstić information content (AvgIpc) is 2.46. The molecule has 2 N–H and O–H groups in total. The first kappa shape index (κ1) is 14.8. The molecule has 0 saturated carbocycles. The molecule has 0 saturated heterocycles. The van der Waals surface area contributed by atoms with Crippen molar-refractivity contribution in [2.75, 3.05) is 18.5 Å². The van der Waals surface area contributed by atoms with Crippen LogP contribution >= 0.6 is 0 Å². The summed E-state index contributed by atoms with van der Waals surface area (Å²) in [4.78, 5) is 15.1. The Hall–Kier alpha value is -2.57. The van der Waals surface area contributed by atoms with Gasteiger partial charge in [-0.05, 0) is 32.9 Å². The van der Waals surface area contributed by atoms with Crippen LogP contribution in [0.2, 0.25) is 0 Å². The molecule has 2 rings (SSSR count). The molecule has 0 aliphatic carbocycles. The van der Waals surface area contributed by atoms with Gasteiger partial charge in [-0.2, -0.15) is 10.1 Å². The zero-order chi connectivity index (χ0) is 15.2. The number of aromatic amines is 1. The molecule has 1 aromatic carbocycles. The first-order valence-electron chi connectivity index (χ1n) is 6.74. The lowest BCUT2D eigenvalue weighted by atomic mass is 10.2. The number of anilines is 2. The second-order valence-electron chi connectivity index (χ2n) is 4.23. The van der Waals surface area contributed by atoms with E-state index >= 15 is 0 Å². The quantitative estimate of drug-likeness (QED) is 0.846. The van der Waals surface area contributed by atoms with Crippen molar-refractivity contribution in [2.45, 2.75) is 20.8 Å². The van der Waals surface area contributed by atoms with Gasteiger partial charge < -0.3 is 14.8 Å². The summed E-state index contributed by atoms with van der Waals surface area (Å²) in [7, 11) is 0. The smallest absolute Gasteiger partial charge is 0.363 e. The molecular formula is C14H18N4O3. The van der Waals surface area contributed by atoms with Gasteiger partial charge in [0.25, 0.3) is 0 Å². The van der Waals surface area contributed by atoms with Gasteiger partial charge in [-0.3, -0.25) is 0 Å². The highest BCUT2D eigenvalue weighted by Crippen LogP contribution is 2.31. The van der Waals surface area contributed by atoms with Gasteiger partial charge in [0.15, 0.2) is 17.3 Å². The van der Waals surface area contributed by atoms with E-state index in [2.05, 4.69) is 20.5 Å². The molecule has 2 aromatic rings. The van der Waals surface area contributed by atoms with Crippen LogP contribution in [-0.2, 0) is 0 Å². The second kappa shape index (κ2) is 6.74. The molecule has 1 aromatic heterocycles. The maximum Gasteiger partial charge on any atom is 0.363 e. The summed E-state index contributed by atoms with van der Waals surface area (Å²) in [5.74, 6) is 1.73. The van der Waals surface area contributed by atoms with Gasteiger partial charge in [-0.25, -0.2) is 9.89 Å². The van der Waals surface area contributed by atoms with Crippen molar-refractivity contribution in [3.8, 4) is 11.5 Å². The Morgan fingerprint density at radius 2 is 1.90 bits per heavy atom. The molecular weight excluding hydrogens is 272 g/mol. The number of rotatable bonds is 6. The Morgan fingerprint density at radius 3 is 2.62 bits per heavy atom. The van der Waals surface area contributed by atoms with Gasteiger partial charge in [0.05, 0.1) is 13.2 Å². The summed E-state index contributed by atoms with van der Waals surface area (Å²) in [5.41, 5.74) is 0.838. The van der Waals surface area contributed by atoms with Crippen LogP contribution in [0, 0.1) is 6.92 Å². The lowest BCUT2D eigenvalue weighted by Crippen LogP contribution is -2.15. The molecule has 0 amide bonds. The van der Waals surface area contributed by atoms with E-state index in [1.54, 1.807) is 13.0 Å². The van der Waals surface area contributed by atoms with Crippen molar-refractivity contribution in [3.05, 3.63) is 34.4 Å². The number of nitrogens with zero attached hydrogens (tertiary/aromatic N) is 2. The van der Waals surface area contributed by atoms with E-state index in [1.165, 1.54) is 0 Å². The fourth-order valence-corrected chi connectivity index (χ4v) is 1.78. The van der Waals surface area contributed by atoms with Gasteiger partial charge in [0, 0.05) is 11.8 Å². The van der Waals surface area contributed by atoms with Crippen LogP contribution in [0.3, 0.4) is 0 Å². The van der Waals surface area contributed by atoms with E-state index in [0.717, 1.165) is 5.69 Å². The highest BCUT2D eigenvalue weighted by Gasteiger charge is 2.08. The van der Waals surface area contributed by atoms with Crippen LogP contribution in [0.25, 0.3) is 0 Å². The van der Waals surface area contributed by atoms with E-state index in [4.69, 9.17) is 9.47 Å². The molecule has 0 unspecified atom stereocenters. The summed E-state index contributed by atoms with van der Waals surface area (Å²) in [5, 5.41) is 9.20. The number of aryl methyl sites for hydroxylation is 1. The van der Waals surface area contributed by atoms with Gasteiger partial charge in [0.2, 0.25) is 0 Å². The number of benzene rings is 1. The fraction of sp³-hybridized carbons (Fsp3) is 0.357. The highest BCUT2D eigenvalue weighted by atomic mass is 16.5. The first-order chi connectivity index (χ1) is 10.1. The third kappa shape index (κ3) is 3.71. The van der Waals surface area contributed by atoms with Crippen molar-refractivity contribution >= 4 is 11.5 Å². The number of H-pyrrole nitrogens is 1. The van der Waals surface area contributed by atoms with Crippen molar-refractivity contribution in [3.63, 3.8) is 0 Å². The number of ether oxygens (including phenoxy) is 2. The summed E-state index contributed by atoms with van der Waals surface area (Å²) in [6.45, 7) is 6.67. The largest absolute Gasteiger partial charge is 0.490 e. The molecule has 0 aliphatic heterocycles. The van der Waals surface area contributed by atoms with Gasteiger partial charge in [0.1, 0.15) is 5.69 Å². The van der Waals surface area contributed by atoms with Crippen molar-refractivity contribution in [1.29, 1.82) is 0 Å². The Labute approximate surface area is 122 Å². The van der Waals surface area contributed by atoms with Crippen molar-refractivity contribution < 1.29 is 9.47 Å². The Kier molecular flexibility index (Phi) is 4.76. The highest BCUT2D eigenvalue weighted by molar-refractivity contribution is 5.62. The minimum absolute atomic E-state index is 0.408. The van der Waals surface area contributed by atoms with E-state index in [0.29, 0.717) is 36.2 Å². The molecule has 0 aliphatic rings. The molecule has 7 nitrogen and oxygen atoms in total. The Balaban J connectivity index is 2.29. The van der Waals surface area contributed by atoms with Gasteiger partial charge in [-0.1, -0.05) is 0 Å². The molecule has 0 atom stereocenters. The van der Waals surface area contributed by atoms with E-state index < -0.39 is 5.69 Å². The molecule has 0 bridgehead atoms. The molecule has 0 fully saturated rings. The fourth-order valence-electron chi connectivity index (χ4n) is 1.78. The third-order valence-corrected chi connectivity index (χ3v) is 2.68. The molecule has 1 heterocycles. The monoisotopic (exact) mass is 290 g/mol. The maximum atomic E-state index is 11.2. The lowest BCUT2D eigenvalue weighted by Gasteiger charge is -2.13. The number of hydrogen-bond acceptors (Lipinski definition) is 6. The lowest BCUT2D eigenvalue weighted by molar-refractivity contribution is 0.288. The van der Waals surface area contributed by atoms with E-state index in [1.807, 2.05) is 26.0 Å². The number of aromatic nitrogens is 3. The maximum absolute atomic E-state index is 11.2. The first-order valence-corrected chi connectivity index (χ1v) is 6.74. The summed E-state index contributed by atoms with van der Waals surface area (Å²) < 4.78 is 11.1. The van der Waals surface area contributed by atoms with Crippen LogP contribution in [-0.4, -0.2) is 28.4 Å². The standard InChI is InChI=1S/C14H18N4O3/c1-4-20-11-7-6-10(8-12(11)21-5-2)15-13-9(3)17-18-14(19)16-13/h6-8H,4-5H2,1-3H3,(H2,15,16,18,19). The number of hydrogen-bond donors (Lipinski definition) is 2. The Bertz CT molecular complexity index is 670. The SMILES string of the molecule is CCOc1ccc(Nc2nc(=O)[nH]nc2C)cc1OCC. The summed E-state index contributed by atoms with van der Waals surface area (Å²) in [6.07, 6.45) is 0. The topological polar surface area (TPSA) is 89.1 Å². The summed E-state index contributed by atoms with van der Waals surface area (Å²) >= 11 is 0. The molecule has 21 heavy (non-hydrogen) atoms. The third-order valence-electron chi connectivity index (χ3n) is 2.68. The Morgan fingerprint density at radius 1 is 1.19 bits per heavy atom. The normalized spacial score (nSPS) is 10.2. The van der Waals surface area contributed by atoms with E-state index in [9.17, 15) is 4.79 Å². The average molecular weight is 290 g/mol. The van der Waals surface area contributed by atoms with Crippen LogP contribution in [0.5, 0.6) is 11.5 Å². The van der Waals surface area contributed by atoms with Crippen LogP contribution in [0.4, 0.5) is 11.5 Å². The second-order valence-corrected chi connectivity index (χ2v) is 4.23. The van der Waals surface area contributed by atoms with Crippen molar-refractivity contribution in [2.24, 2.45) is 0 Å². The number of nitrogens with one attached hydrogen (secondary N) is 2. The summed E-state index contributed by atoms with van der Waals surface area (Å²) in [6, 6.07) is 5.44. The van der Waals surface area contributed by atoms with Gasteiger partial charge in [-0.15, -0.1) is 0 Å². The molecule has 112 valence electrons. The van der Waals surface area contributed by atoms with Crippen LogP contribution < -0.4 is 20.5 Å². The van der Waals surface area contributed by atoms with Crippen molar-refractivity contribution in [1.82, 2.24) is 15.2 Å². The van der Waals surface area contributed by atoms with Gasteiger partial charge >= 0.3 is 5.69 Å². The minimum Gasteiger partial charge on any atom is -0.490 e. The van der Waals surface area contributed by atoms with Crippen LogP contribution in [0.15, 0.2) is 23.0 Å². The van der Waals surface area contributed by atoms with Crippen LogP contribution in [0.1, 0.15) is 19.5 Å².